The zero-order chi connectivity index (χ0) is 9.68. The molecule has 0 amide bonds. The molecule has 0 heterocycles. The van der Waals surface area contributed by atoms with Crippen LogP contribution in [0.2, 0.25) is 0 Å². The number of halogens is 1. The quantitative estimate of drug-likeness (QED) is 0.625. The van der Waals surface area contributed by atoms with Crippen LogP contribution in [0.3, 0.4) is 0 Å². The van der Waals surface area contributed by atoms with Crippen LogP contribution in [-0.4, -0.2) is 29.4 Å². The summed E-state index contributed by atoms with van der Waals surface area (Å²) in [6.45, 7) is 7.21. The molecule has 1 rings (SSSR count). The topological polar surface area (TPSA) is 3.24 Å². The fourth-order valence-electron chi connectivity index (χ4n) is 1.96. The lowest BCUT2D eigenvalue weighted by Gasteiger charge is -2.24. The Morgan fingerprint density at radius 3 is 2.62 bits per heavy atom. The van der Waals surface area contributed by atoms with Crippen molar-refractivity contribution in [2.45, 2.75) is 45.6 Å². The van der Waals surface area contributed by atoms with Gasteiger partial charge in [0.15, 0.2) is 0 Å². The van der Waals surface area contributed by atoms with E-state index >= 15 is 0 Å². The lowest BCUT2D eigenvalue weighted by atomic mass is 10.1. The molecule has 0 saturated heterocycles. The third-order valence-electron chi connectivity index (χ3n) is 2.76. The van der Waals surface area contributed by atoms with Gasteiger partial charge in [0.05, 0.1) is 0 Å². The number of alkyl halides is 1. The number of nitrogens with zero attached hydrogens (tertiary/aromatic N) is 1. The highest BCUT2D eigenvalue weighted by Gasteiger charge is 2.28. The van der Waals surface area contributed by atoms with Crippen molar-refractivity contribution in [1.29, 1.82) is 0 Å². The van der Waals surface area contributed by atoms with E-state index in [1.165, 1.54) is 38.8 Å². The maximum absolute atomic E-state index is 3.53. The van der Waals surface area contributed by atoms with Gasteiger partial charge in [-0.25, -0.2) is 0 Å². The molecule has 1 aliphatic rings. The predicted octanol–water partition coefficient (Wildman–Crippen LogP) is 3.28. The first-order valence-corrected chi connectivity index (χ1v) is 6.70. The normalized spacial score (nSPS) is 19.4. The minimum absolute atomic E-state index is 0.879. The Morgan fingerprint density at radius 1 is 1.46 bits per heavy atom. The van der Waals surface area contributed by atoms with Gasteiger partial charge in [0.2, 0.25) is 0 Å². The van der Waals surface area contributed by atoms with Crippen LogP contribution in [0.15, 0.2) is 0 Å². The van der Waals surface area contributed by atoms with E-state index in [-0.39, 0.29) is 0 Å². The first-order valence-electron chi connectivity index (χ1n) is 5.58. The predicted molar refractivity (Wildman–Crippen MR) is 62.5 cm³/mol. The largest absolute Gasteiger partial charge is 0.299 e. The van der Waals surface area contributed by atoms with Crippen LogP contribution < -0.4 is 0 Å². The van der Waals surface area contributed by atoms with Gasteiger partial charge in [0.1, 0.15) is 0 Å². The second kappa shape index (κ2) is 6.02. The maximum Gasteiger partial charge on any atom is 0.0159 e. The first-order chi connectivity index (χ1) is 6.27. The van der Waals surface area contributed by atoms with E-state index in [2.05, 4.69) is 34.7 Å². The van der Waals surface area contributed by atoms with Crippen LogP contribution in [0.4, 0.5) is 0 Å². The Morgan fingerprint density at radius 2 is 2.15 bits per heavy atom. The third-order valence-corrected chi connectivity index (χ3v) is 3.12. The van der Waals surface area contributed by atoms with Crippen LogP contribution in [0, 0.1) is 5.92 Å². The average molecular weight is 248 g/mol. The van der Waals surface area contributed by atoms with Crippen LogP contribution in [0.5, 0.6) is 0 Å². The molecule has 13 heavy (non-hydrogen) atoms. The summed E-state index contributed by atoms with van der Waals surface area (Å²) in [6, 6.07) is 0.928. The van der Waals surface area contributed by atoms with Crippen molar-refractivity contribution in [2.75, 3.05) is 18.4 Å². The Kier molecular flexibility index (Phi) is 5.34. The summed E-state index contributed by atoms with van der Waals surface area (Å²) in [6.07, 6.45) is 5.58. The molecule has 2 heteroatoms. The van der Waals surface area contributed by atoms with E-state index in [0.29, 0.717) is 0 Å². The summed E-state index contributed by atoms with van der Waals surface area (Å²) < 4.78 is 0. The van der Waals surface area contributed by atoms with E-state index in [0.717, 1.165) is 17.3 Å². The van der Waals surface area contributed by atoms with Gasteiger partial charge in [-0.2, -0.15) is 0 Å². The highest BCUT2D eigenvalue weighted by atomic mass is 79.9. The van der Waals surface area contributed by atoms with Gasteiger partial charge in [-0.3, -0.25) is 4.90 Å². The Bertz CT molecular complexity index is 134. The molecule has 1 atom stereocenters. The average Bonchev–Trinajstić information content (AvgIpc) is 2.86. The van der Waals surface area contributed by atoms with E-state index in [9.17, 15) is 0 Å². The highest BCUT2D eigenvalue weighted by molar-refractivity contribution is 9.09. The van der Waals surface area contributed by atoms with Gasteiger partial charge in [0.25, 0.3) is 0 Å². The van der Waals surface area contributed by atoms with Crippen molar-refractivity contribution in [1.82, 2.24) is 4.90 Å². The van der Waals surface area contributed by atoms with Gasteiger partial charge in [0, 0.05) is 24.5 Å². The van der Waals surface area contributed by atoms with Crippen molar-refractivity contribution < 1.29 is 0 Å². The SMILES string of the molecule is CCCC(C)CN(CCBr)C1CC1. The second-order valence-electron chi connectivity index (χ2n) is 4.31. The van der Waals surface area contributed by atoms with Crippen molar-refractivity contribution in [2.24, 2.45) is 5.92 Å². The summed E-state index contributed by atoms with van der Waals surface area (Å²) in [4.78, 5) is 2.66. The van der Waals surface area contributed by atoms with Crippen LogP contribution in [-0.2, 0) is 0 Å². The summed E-state index contributed by atoms with van der Waals surface area (Å²) >= 11 is 3.53. The van der Waals surface area contributed by atoms with E-state index in [1.54, 1.807) is 0 Å². The summed E-state index contributed by atoms with van der Waals surface area (Å²) in [7, 11) is 0. The molecule has 0 radical (unpaired) electrons. The molecule has 1 unspecified atom stereocenters. The minimum atomic E-state index is 0.879. The first kappa shape index (κ1) is 11.5. The van der Waals surface area contributed by atoms with Crippen molar-refractivity contribution >= 4 is 15.9 Å². The van der Waals surface area contributed by atoms with Gasteiger partial charge in [-0.05, 0) is 25.2 Å². The van der Waals surface area contributed by atoms with Crippen LogP contribution >= 0.6 is 15.9 Å². The van der Waals surface area contributed by atoms with E-state index in [4.69, 9.17) is 0 Å². The zero-order valence-electron chi connectivity index (χ0n) is 8.93. The molecular formula is C11H22BrN. The molecule has 0 N–H and O–H groups in total. The van der Waals surface area contributed by atoms with Crippen molar-refractivity contribution in [3.8, 4) is 0 Å². The summed E-state index contributed by atoms with van der Waals surface area (Å²) in [5, 5.41) is 1.13. The fraction of sp³-hybridized carbons (Fsp3) is 1.00. The minimum Gasteiger partial charge on any atom is -0.299 e. The number of hydrogen-bond acceptors (Lipinski definition) is 1. The van der Waals surface area contributed by atoms with Gasteiger partial charge in [-0.1, -0.05) is 36.2 Å². The highest BCUT2D eigenvalue weighted by Crippen LogP contribution is 2.27. The molecular weight excluding hydrogens is 226 g/mol. The standard InChI is InChI=1S/C11H22BrN/c1-3-4-10(2)9-13(8-7-12)11-5-6-11/h10-11H,3-9H2,1-2H3. The van der Waals surface area contributed by atoms with Gasteiger partial charge >= 0.3 is 0 Å². The lowest BCUT2D eigenvalue weighted by Crippen LogP contribution is -2.32. The molecule has 1 aliphatic carbocycles. The van der Waals surface area contributed by atoms with Crippen molar-refractivity contribution in [3.63, 3.8) is 0 Å². The lowest BCUT2D eigenvalue weighted by molar-refractivity contribution is 0.235. The Labute approximate surface area is 91.0 Å². The maximum atomic E-state index is 3.53. The monoisotopic (exact) mass is 247 g/mol. The molecule has 78 valence electrons. The zero-order valence-corrected chi connectivity index (χ0v) is 10.5. The molecule has 1 saturated carbocycles. The summed E-state index contributed by atoms with van der Waals surface area (Å²) in [5.74, 6) is 0.879. The van der Waals surface area contributed by atoms with Crippen LogP contribution in [0.1, 0.15) is 39.5 Å². The molecule has 0 spiro atoms. The molecule has 0 aliphatic heterocycles. The number of hydrogen-bond donors (Lipinski definition) is 0. The Hall–Kier alpha value is 0.440. The van der Waals surface area contributed by atoms with E-state index < -0.39 is 0 Å². The van der Waals surface area contributed by atoms with Gasteiger partial charge in [-0.15, -0.1) is 0 Å². The molecule has 1 nitrogen and oxygen atoms in total. The third kappa shape index (κ3) is 4.46. The molecule has 1 fully saturated rings. The Balaban J connectivity index is 2.20. The molecule has 0 aromatic heterocycles. The molecule has 0 aromatic rings. The van der Waals surface area contributed by atoms with Crippen molar-refractivity contribution in [3.05, 3.63) is 0 Å². The molecule has 0 bridgehead atoms. The smallest absolute Gasteiger partial charge is 0.0159 e. The van der Waals surface area contributed by atoms with Crippen LogP contribution in [0.25, 0.3) is 0 Å². The molecule has 0 aromatic carbocycles. The van der Waals surface area contributed by atoms with Gasteiger partial charge < -0.3 is 0 Å². The second-order valence-corrected chi connectivity index (χ2v) is 5.10. The number of rotatable bonds is 7. The fourth-order valence-corrected chi connectivity index (χ4v) is 2.41. The van der Waals surface area contributed by atoms with E-state index in [1.807, 2.05) is 0 Å². The summed E-state index contributed by atoms with van der Waals surface area (Å²) in [5.41, 5.74) is 0.